The van der Waals surface area contributed by atoms with E-state index in [0.717, 1.165) is 22.3 Å². The van der Waals surface area contributed by atoms with Crippen molar-refractivity contribution in [2.45, 2.75) is 77.7 Å². The molecule has 0 bridgehead atoms. The molecule has 0 saturated carbocycles. The van der Waals surface area contributed by atoms with Crippen molar-refractivity contribution in [2.24, 2.45) is 11.8 Å². The molecule has 0 spiro atoms. The molecule has 0 aromatic heterocycles. The minimum Gasteiger partial charge on any atom is -0.155 e. The number of rotatable bonds is 8. The Kier molecular flexibility index (Phi) is 8.69. The van der Waals surface area contributed by atoms with Gasteiger partial charge in [0.05, 0.1) is 0 Å². The largest absolute Gasteiger partial charge is 0.155 e. The van der Waals surface area contributed by atoms with Gasteiger partial charge in [-0.25, -0.2) is 0 Å². The molecule has 1 heteroatoms. The zero-order valence-electron chi connectivity index (χ0n) is 11.5. The second kappa shape index (κ2) is 8.50. The summed E-state index contributed by atoms with van der Waals surface area (Å²) in [5, 5.41) is 1.77. The molecule has 2 unspecified atom stereocenters. The zero-order chi connectivity index (χ0) is 11.8. The van der Waals surface area contributed by atoms with Crippen molar-refractivity contribution in [3.8, 4) is 0 Å². The summed E-state index contributed by atoms with van der Waals surface area (Å²) in [4.78, 5) is 0. The molecule has 2 atom stereocenters. The third-order valence-corrected chi connectivity index (χ3v) is 4.59. The average Bonchev–Trinajstić information content (AvgIpc) is 2.14. The molecule has 0 N–H and O–H groups in total. The molecule has 0 aliphatic heterocycles. The molecule has 92 valence electrons. The Balaban J connectivity index is 3.99. The lowest BCUT2D eigenvalue weighted by atomic mass is 10.1. The van der Waals surface area contributed by atoms with Crippen molar-refractivity contribution < 1.29 is 0 Å². The highest BCUT2D eigenvalue weighted by atomic mass is 32.2. The lowest BCUT2D eigenvalue weighted by Gasteiger charge is -2.24. The standard InChI is InChI=1S/C14H30S/c1-7-13(9-11(3)4)15-14(8-2)10-12(5)6/h11-14H,7-10H2,1-6H3. The normalized spacial score (nSPS) is 16.0. The molecule has 0 fully saturated rings. The Morgan fingerprint density at radius 3 is 1.27 bits per heavy atom. The number of thioether (sulfide) groups is 1. The van der Waals surface area contributed by atoms with Gasteiger partial charge in [-0.3, -0.25) is 0 Å². The van der Waals surface area contributed by atoms with Gasteiger partial charge in [0.25, 0.3) is 0 Å². The first-order chi connectivity index (χ1) is 6.99. The van der Waals surface area contributed by atoms with Crippen LogP contribution in [0.15, 0.2) is 0 Å². The van der Waals surface area contributed by atoms with Crippen molar-refractivity contribution in [1.82, 2.24) is 0 Å². The highest BCUT2D eigenvalue weighted by Gasteiger charge is 2.16. The molecule has 0 aromatic rings. The maximum absolute atomic E-state index is 2.34. The summed E-state index contributed by atoms with van der Waals surface area (Å²) in [7, 11) is 0. The predicted octanol–water partition coefficient (Wildman–Crippen LogP) is 5.37. The molecule has 0 aromatic carbocycles. The van der Waals surface area contributed by atoms with Gasteiger partial charge in [0.2, 0.25) is 0 Å². The van der Waals surface area contributed by atoms with Crippen LogP contribution < -0.4 is 0 Å². The molecular formula is C14H30S. The molecule has 0 aliphatic carbocycles. The van der Waals surface area contributed by atoms with E-state index in [2.05, 4.69) is 53.3 Å². The second-order valence-electron chi connectivity index (χ2n) is 5.46. The monoisotopic (exact) mass is 230 g/mol. The van der Waals surface area contributed by atoms with Gasteiger partial charge in [0.15, 0.2) is 0 Å². The molecule has 0 rings (SSSR count). The van der Waals surface area contributed by atoms with Gasteiger partial charge in [0.1, 0.15) is 0 Å². The van der Waals surface area contributed by atoms with Crippen LogP contribution in [0.3, 0.4) is 0 Å². The quantitative estimate of drug-likeness (QED) is 0.540. The van der Waals surface area contributed by atoms with E-state index >= 15 is 0 Å². The SMILES string of the molecule is CCC(CC(C)C)SC(CC)CC(C)C. The van der Waals surface area contributed by atoms with Crippen LogP contribution in [-0.4, -0.2) is 10.5 Å². The second-order valence-corrected chi connectivity index (χ2v) is 7.06. The molecule has 0 nitrogen and oxygen atoms in total. The summed E-state index contributed by atoms with van der Waals surface area (Å²) in [6, 6.07) is 0. The summed E-state index contributed by atoms with van der Waals surface area (Å²) < 4.78 is 0. The Morgan fingerprint density at radius 1 is 0.733 bits per heavy atom. The summed E-state index contributed by atoms with van der Waals surface area (Å²) in [6.07, 6.45) is 5.43. The van der Waals surface area contributed by atoms with Gasteiger partial charge in [-0.15, -0.1) is 0 Å². The first-order valence-corrected chi connectivity index (χ1v) is 7.59. The fourth-order valence-electron chi connectivity index (χ4n) is 1.96. The molecule has 0 radical (unpaired) electrons. The molecule has 0 amide bonds. The van der Waals surface area contributed by atoms with Gasteiger partial charge in [-0.05, 0) is 37.5 Å². The van der Waals surface area contributed by atoms with Crippen LogP contribution in [-0.2, 0) is 0 Å². The van der Waals surface area contributed by atoms with Crippen LogP contribution >= 0.6 is 11.8 Å². The van der Waals surface area contributed by atoms with Crippen molar-refractivity contribution in [3.63, 3.8) is 0 Å². The lowest BCUT2D eigenvalue weighted by molar-refractivity contribution is 0.541. The fourth-order valence-corrected chi connectivity index (χ4v) is 3.88. The minimum atomic E-state index is 0.846. The number of hydrogen-bond donors (Lipinski definition) is 0. The van der Waals surface area contributed by atoms with Crippen LogP contribution in [0.25, 0.3) is 0 Å². The van der Waals surface area contributed by atoms with E-state index in [0.29, 0.717) is 0 Å². The third kappa shape index (κ3) is 8.19. The van der Waals surface area contributed by atoms with Crippen LogP contribution in [0, 0.1) is 11.8 Å². The van der Waals surface area contributed by atoms with Crippen molar-refractivity contribution >= 4 is 11.8 Å². The van der Waals surface area contributed by atoms with E-state index in [-0.39, 0.29) is 0 Å². The van der Waals surface area contributed by atoms with Gasteiger partial charge in [-0.2, -0.15) is 11.8 Å². The first kappa shape index (κ1) is 15.3. The van der Waals surface area contributed by atoms with Gasteiger partial charge in [0, 0.05) is 10.5 Å². The van der Waals surface area contributed by atoms with Crippen molar-refractivity contribution in [1.29, 1.82) is 0 Å². The van der Waals surface area contributed by atoms with Crippen LogP contribution in [0.2, 0.25) is 0 Å². The molecule has 0 heterocycles. The summed E-state index contributed by atoms with van der Waals surface area (Å²) >= 11 is 2.25. The molecular weight excluding hydrogens is 200 g/mol. The predicted molar refractivity (Wildman–Crippen MR) is 74.7 cm³/mol. The van der Waals surface area contributed by atoms with E-state index in [1.54, 1.807) is 0 Å². The van der Waals surface area contributed by atoms with Crippen molar-refractivity contribution in [2.75, 3.05) is 0 Å². The minimum absolute atomic E-state index is 0.846. The first-order valence-electron chi connectivity index (χ1n) is 6.64. The maximum Gasteiger partial charge on any atom is 0.00496 e. The Hall–Kier alpha value is 0.350. The van der Waals surface area contributed by atoms with Crippen molar-refractivity contribution in [3.05, 3.63) is 0 Å². The molecule has 15 heavy (non-hydrogen) atoms. The van der Waals surface area contributed by atoms with Gasteiger partial charge in [-0.1, -0.05) is 41.5 Å². The van der Waals surface area contributed by atoms with E-state index in [9.17, 15) is 0 Å². The lowest BCUT2D eigenvalue weighted by Crippen LogP contribution is -2.14. The summed E-state index contributed by atoms with van der Waals surface area (Å²) in [6.45, 7) is 14.0. The average molecular weight is 230 g/mol. The smallest absolute Gasteiger partial charge is 0.00496 e. The maximum atomic E-state index is 2.34. The zero-order valence-corrected chi connectivity index (χ0v) is 12.4. The Bertz CT molecular complexity index is 124. The van der Waals surface area contributed by atoms with E-state index in [1.807, 2.05) is 0 Å². The Labute approximate surface area is 102 Å². The van der Waals surface area contributed by atoms with E-state index in [4.69, 9.17) is 0 Å². The van der Waals surface area contributed by atoms with Crippen LogP contribution in [0.4, 0.5) is 0 Å². The summed E-state index contributed by atoms with van der Waals surface area (Å²) in [5.74, 6) is 1.69. The van der Waals surface area contributed by atoms with Crippen LogP contribution in [0.5, 0.6) is 0 Å². The third-order valence-electron chi connectivity index (χ3n) is 2.76. The highest BCUT2D eigenvalue weighted by Crippen LogP contribution is 2.31. The highest BCUT2D eigenvalue weighted by molar-refractivity contribution is 8.00. The van der Waals surface area contributed by atoms with E-state index < -0.39 is 0 Å². The fraction of sp³-hybridized carbons (Fsp3) is 1.00. The Morgan fingerprint density at radius 2 is 1.07 bits per heavy atom. The van der Waals surface area contributed by atoms with Gasteiger partial charge >= 0.3 is 0 Å². The summed E-state index contributed by atoms with van der Waals surface area (Å²) in [5.41, 5.74) is 0. The molecule has 0 saturated heterocycles. The van der Waals surface area contributed by atoms with Crippen LogP contribution in [0.1, 0.15) is 67.2 Å². The number of hydrogen-bond acceptors (Lipinski definition) is 1. The molecule has 0 aliphatic rings. The van der Waals surface area contributed by atoms with E-state index in [1.165, 1.54) is 25.7 Å². The topological polar surface area (TPSA) is 0 Å². The van der Waals surface area contributed by atoms with Gasteiger partial charge < -0.3 is 0 Å².